The van der Waals surface area contributed by atoms with Crippen LogP contribution in [0.15, 0.2) is 36.8 Å². The molecule has 0 saturated carbocycles. The SMILES string of the molecule is CC1(C)Cc2cc(NC(=O)c3cnn4cccnc34)c(N3CCN(CC#N)CC3)cc2O1. The number of hydrogen-bond acceptors (Lipinski definition) is 7. The van der Waals surface area contributed by atoms with E-state index >= 15 is 0 Å². The van der Waals surface area contributed by atoms with Gasteiger partial charge >= 0.3 is 0 Å². The molecule has 1 saturated heterocycles. The second kappa shape index (κ2) is 7.80. The number of nitrogens with one attached hydrogen (secondary N) is 1. The number of rotatable bonds is 4. The first-order chi connectivity index (χ1) is 15.4. The van der Waals surface area contributed by atoms with Gasteiger partial charge in [-0.1, -0.05) is 0 Å². The van der Waals surface area contributed by atoms with Crippen LogP contribution in [0.25, 0.3) is 5.65 Å². The van der Waals surface area contributed by atoms with E-state index in [1.54, 1.807) is 23.0 Å². The van der Waals surface area contributed by atoms with Crippen LogP contribution in [0.5, 0.6) is 5.75 Å². The minimum Gasteiger partial charge on any atom is -0.487 e. The van der Waals surface area contributed by atoms with Crippen LogP contribution in [0.4, 0.5) is 11.4 Å². The third kappa shape index (κ3) is 3.74. The Labute approximate surface area is 186 Å². The molecule has 0 atom stereocenters. The van der Waals surface area contributed by atoms with Gasteiger partial charge in [-0.3, -0.25) is 9.69 Å². The minimum absolute atomic E-state index is 0.249. The molecule has 1 fully saturated rings. The third-order valence-corrected chi connectivity index (χ3v) is 5.96. The van der Waals surface area contributed by atoms with Crippen LogP contribution in [0.3, 0.4) is 0 Å². The molecule has 4 heterocycles. The average molecular weight is 432 g/mol. The summed E-state index contributed by atoms with van der Waals surface area (Å²) < 4.78 is 7.75. The Hall–Kier alpha value is -3.64. The van der Waals surface area contributed by atoms with E-state index in [0.29, 0.717) is 17.8 Å². The Balaban J connectivity index is 1.47. The normalized spacial score (nSPS) is 17.6. The van der Waals surface area contributed by atoms with Gasteiger partial charge in [0.25, 0.3) is 5.91 Å². The number of piperazine rings is 1. The molecule has 32 heavy (non-hydrogen) atoms. The first-order valence-electron chi connectivity index (χ1n) is 10.7. The molecule has 3 aromatic rings. The van der Waals surface area contributed by atoms with Crippen molar-refractivity contribution in [3.63, 3.8) is 0 Å². The fourth-order valence-corrected chi connectivity index (χ4v) is 4.43. The molecule has 0 spiro atoms. The lowest BCUT2D eigenvalue weighted by Crippen LogP contribution is -2.46. The Morgan fingerprint density at radius 1 is 1.28 bits per heavy atom. The quantitative estimate of drug-likeness (QED) is 0.633. The van der Waals surface area contributed by atoms with E-state index in [4.69, 9.17) is 10.00 Å². The predicted octanol–water partition coefficient (Wildman–Crippen LogP) is 2.34. The highest BCUT2D eigenvalue weighted by molar-refractivity contribution is 6.09. The van der Waals surface area contributed by atoms with Crippen LogP contribution in [0.2, 0.25) is 0 Å². The van der Waals surface area contributed by atoms with Crippen molar-refractivity contribution in [3.8, 4) is 11.8 Å². The summed E-state index contributed by atoms with van der Waals surface area (Å²) in [7, 11) is 0. The number of ether oxygens (including phenoxy) is 1. The molecule has 1 aromatic carbocycles. The maximum atomic E-state index is 13.2. The Morgan fingerprint density at radius 2 is 2.09 bits per heavy atom. The van der Waals surface area contributed by atoms with Crippen molar-refractivity contribution in [1.29, 1.82) is 5.26 Å². The summed E-state index contributed by atoms with van der Waals surface area (Å²) in [5.41, 5.74) is 3.42. The van der Waals surface area contributed by atoms with Gasteiger partial charge in [0.05, 0.1) is 30.2 Å². The summed E-state index contributed by atoms with van der Waals surface area (Å²) in [6.45, 7) is 7.69. The Kier molecular flexibility index (Phi) is 4.94. The molecule has 9 heteroatoms. The summed E-state index contributed by atoms with van der Waals surface area (Å²) >= 11 is 0. The largest absolute Gasteiger partial charge is 0.487 e. The van der Waals surface area contributed by atoms with Crippen LogP contribution in [-0.4, -0.2) is 63.7 Å². The number of hydrogen-bond donors (Lipinski definition) is 1. The van der Waals surface area contributed by atoms with Gasteiger partial charge in [-0.05, 0) is 26.0 Å². The van der Waals surface area contributed by atoms with E-state index in [2.05, 4.69) is 45.1 Å². The number of fused-ring (bicyclic) bond motifs is 2. The second-order valence-electron chi connectivity index (χ2n) is 8.84. The molecular formula is C23H25N7O2. The topological polar surface area (TPSA) is 98.8 Å². The number of benzene rings is 1. The first-order valence-corrected chi connectivity index (χ1v) is 10.7. The predicted molar refractivity (Wildman–Crippen MR) is 120 cm³/mol. The molecular weight excluding hydrogens is 406 g/mol. The van der Waals surface area contributed by atoms with Gasteiger partial charge in [-0.2, -0.15) is 10.4 Å². The van der Waals surface area contributed by atoms with Gasteiger partial charge in [0.1, 0.15) is 16.9 Å². The zero-order chi connectivity index (χ0) is 22.3. The smallest absolute Gasteiger partial charge is 0.261 e. The molecule has 164 valence electrons. The van der Waals surface area contributed by atoms with Crippen LogP contribution >= 0.6 is 0 Å². The second-order valence-corrected chi connectivity index (χ2v) is 8.84. The van der Waals surface area contributed by atoms with Gasteiger partial charge in [-0.25, -0.2) is 9.50 Å². The number of aromatic nitrogens is 3. The van der Waals surface area contributed by atoms with E-state index in [1.807, 2.05) is 12.1 Å². The molecule has 2 aromatic heterocycles. The lowest BCUT2D eigenvalue weighted by molar-refractivity contribution is 0.102. The number of nitrogens with zero attached hydrogens (tertiary/aromatic N) is 6. The number of carbonyl (C=O) groups is 1. The average Bonchev–Trinajstić information content (AvgIpc) is 3.33. The zero-order valence-corrected chi connectivity index (χ0v) is 18.2. The highest BCUT2D eigenvalue weighted by atomic mass is 16.5. The highest BCUT2D eigenvalue weighted by Gasteiger charge is 2.32. The van der Waals surface area contributed by atoms with E-state index < -0.39 is 0 Å². The first kappa shape index (κ1) is 20.3. The molecule has 0 bridgehead atoms. The van der Waals surface area contributed by atoms with Crippen molar-refractivity contribution in [1.82, 2.24) is 19.5 Å². The van der Waals surface area contributed by atoms with Crippen molar-refractivity contribution >= 4 is 22.9 Å². The molecule has 0 aliphatic carbocycles. The van der Waals surface area contributed by atoms with Gasteiger partial charge in [0.2, 0.25) is 0 Å². The van der Waals surface area contributed by atoms with Gasteiger partial charge in [0.15, 0.2) is 5.65 Å². The Morgan fingerprint density at radius 3 is 2.88 bits per heavy atom. The van der Waals surface area contributed by atoms with Crippen molar-refractivity contribution in [2.75, 3.05) is 42.9 Å². The van der Waals surface area contributed by atoms with Gasteiger partial charge in [0, 0.05) is 56.6 Å². The van der Waals surface area contributed by atoms with Crippen LogP contribution in [0.1, 0.15) is 29.8 Å². The van der Waals surface area contributed by atoms with Crippen LogP contribution in [0, 0.1) is 11.3 Å². The lowest BCUT2D eigenvalue weighted by atomic mass is 10.0. The monoisotopic (exact) mass is 431 g/mol. The number of carbonyl (C=O) groups excluding carboxylic acids is 1. The fraction of sp³-hybridized carbons (Fsp3) is 0.391. The number of nitriles is 1. The Bertz CT molecular complexity index is 1220. The van der Waals surface area contributed by atoms with Crippen LogP contribution in [-0.2, 0) is 6.42 Å². The molecule has 2 aliphatic heterocycles. The summed E-state index contributed by atoms with van der Waals surface area (Å²) in [6, 6.07) is 8.05. The molecule has 0 unspecified atom stereocenters. The number of anilines is 2. The molecule has 1 N–H and O–H groups in total. The van der Waals surface area contributed by atoms with Gasteiger partial charge in [-0.15, -0.1) is 0 Å². The van der Waals surface area contributed by atoms with Crippen LogP contribution < -0.4 is 15.0 Å². The molecule has 5 rings (SSSR count). The maximum Gasteiger partial charge on any atom is 0.261 e. The molecule has 0 radical (unpaired) electrons. The van der Waals surface area contributed by atoms with Crippen molar-refractivity contribution in [3.05, 3.63) is 47.9 Å². The van der Waals surface area contributed by atoms with E-state index in [1.165, 1.54) is 6.20 Å². The summed E-state index contributed by atoms with van der Waals surface area (Å²) in [6.07, 6.45) is 5.73. The standard InChI is InChI=1S/C23H25N7O2/c1-23(2)14-16-12-18(27-22(31)17-15-26-30-6-3-5-25-21(17)30)19(13-20(16)32-23)29-10-8-28(7-4-24)9-11-29/h3,5-6,12-13,15H,7-11,14H2,1-2H3,(H,27,31). The summed E-state index contributed by atoms with van der Waals surface area (Å²) in [5, 5.41) is 16.3. The highest BCUT2D eigenvalue weighted by Crippen LogP contribution is 2.42. The van der Waals surface area contributed by atoms with E-state index in [0.717, 1.165) is 55.3 Å². The van der Waals surface area contributed by atoms with Crippen molar-refractivity contribution in [2.24, 2.45) is 0 Å². The van der Waals surface area contributed by atoms with Crippen molar-refractivity contribution < 1.29 is 9.53 Å². The fourth-order valence-electron chi connectivity index (χ4n) is 4.43. The molecule has 1 amide bonds. The summed E-state index contributed by atoms with van der Waals surface area (Å²) in [5.74, 6) is 0.612. The van der Waals surface area contributed by atoms with Gasteiger partial charge < -0.3 is 15.0 Å². The van der Waals surface area contributed by atoms with Crippen molar-refractivity contribution in [2.45, 2.75) is 25.9 Å². The van der Waals surface area contributed by atoms with E-state index in [9.17, 15) is 4.79 Å². The maximum absolute atomic E-state index is 13.2. The molecule has 2 aliphatic rings. The van der Waals surface area contributed by atoms with E-state index in [-0.39, 0.29) is 11.5 Å². The lowest BCUT2D eigenvalue weighted by Gasteiger charge is -2.36. The third-order valence-electron chi connectivity index (χ3n) is 5.96. The number of amides is 1. The molecule has 9 nitrogen and oxygen atoms in total. The summed E-state index contributed by atoms with van der Waals surface area (Å²) in [4.78, 5) is 21.9. The zero-order valence-electron chi connectivity index (χ0n) is 18.2. The minimum atomic E-state index is -0.278.